The van der Waals surface area contributed by atoms with Crippen LogP contribution in [-0.4, -0.2) is 11.8 Å². The van der Waals surface area contributed by atoms with Gasteiger partial charge in [-0.2, -0.15) is 4.57 Å². The number of pyridine rings is 1. The van der Waals surface area contributed by atoms with E-state index < -0.39 is 0 Å². The molecule has 2 N–H and O–H groups in total. The number of unbranched alkanes of at least 4 members (excludes halogenated alkanes) is 11. The number of carbonyl (C=O) groups excluding carboxylic acids is 2. The molecule has 0 bridgehead atoms. The molecule has 0 fully saturated rings. The van der Waals surface area contributed by atoms with Crippen molar-refractivity contribution in [3.05, 3.63) is 42.7 Å². The Morgan fingerprint density at radius 2 is 1.23 bits per heavy atom. The van der Waals surface area contributed by atoms with E-state index in [1.165, 1.54) is 64.2 Å². The summed E-state index contributed by atoms with van der Waals surface area (Å²) >= 11 is 0. The fraction of sp³-hybridized carbons (Fsp3) is 0.640. The number of amides is 2. The van der Waals surface area contributed by atoms with E-state index in [1.54, 1.807) is 4.57 Å². The lowest BCUT2D eigenvalue weighted by atomic mass is 10.1. The molecule has 0 aliphatic heterocycles. The van der Waals surface area contributed by atoms with Gasteiger partial charge in [0.2, 0.25) is 12.5 Å². The number of allylic oxidation sites excluding steroid dienone is 2. The van der Waals surface area contributed by atoms with E-state index in [0.29, 0.717) is 6.42 Å². The van der Waals surface area contributed by atoms with E-state index in [1.807, 2.05) is 30.6 Å². The van der Waals surface area contributed by atoms with E-state index in [9.17, 15) is 9.59 Å². The molecule has 0 radical (unpaired) electrons. The molecule has 0 saturated heterocycles. The smallest absolute Gasteiger partial charge is 0.273 e. The fourth-order valence-electron chi connectivity index (χ4n) is 3.30. The quantitative estimate of drug-likeness (QED) is 0.159. The summed E-state index contributed by atoms with van der Waals surface area (Å²) in [5, 5.41) is 0. The molecule has 0 aliphatic rings. The molecule has 0 saturated carbocycles. The second kappa shape index (κ2) is 18.8. The van der Waals surface area contributed by atoms with Gasteiger partial charge in [-0.1, -0.05) is 76.5 Å². The number of carbonyl (C=O) groups is 2. The number of hydrogen-bond donors (Lipinski definition) is 2. The molecule has 0 unspecified atom stereocenters. The van der Waals surface area contributed by atoms with Crippen molar-refractivity contribution in [3.63, 3.8) is 0 Å². The Kier molecular flexibility index (Phi) is 16.2. The van der Waals surface area contributed by atoms with Crippen LogP contribution in [0, 0.1) is 0 Å². The van der Waals surface area contributed by atoms with E-state index >= 15 is 0 Å². The lowest BCUT2D eigenvalue weighted by Crippen LogP contribution is -2.48. The van der Waals surface area contributed by atoms with Gasteiger partial charge in [0, 0.05) is 18.6 Å². The summed E-state index contributed by atoms with van der Waals surface area (Å²) in [7, 11) is 0. The molecule has 5 nitrogen and oxygen atoms in total. The van der Waals surface area contributed by atoms with Crippen molar-refractivity contribution >= 4 is 11.8 Å². The number of hydrogen-bond acceptors (Lipinski definition) is 2. The van der Waals surface area contributed by atoms with E-state index in [2.05, 4.69) is 29.9 Å². The van der Waals surface area contributed by atoms with Gasteiger partial charge in [-0.25, -0.2) is 0 Å². The highest BCUT2D eigenvalue weighted by molar-refractivity contribution is 5.81. The van der Waals surface area contributed by atoms with Crippen molar-refractivity contribution < 1.29 is 14.2 Å². The summed E-state index contributed by atoms with van der Waals surface area (Å²) in [6, 6.07) is 5.61. The Hall–Kier alpha value is -2.17. The summed E-state index contributed by atoms with van der Waals surface area (Å²) in [4.78, 5) is 23.6. The highest BCUT2D eigenvalue weighted by Crippen LogP contribution is 2.09. The highest BCUT2D eigenvalue weighted by atomic mass is 16.2. The Bertz CT molecular complexity index is 587. The molecular formula is C25H42N3O2+. The molecule has 0 atom stereocenters. The molecule has 5 heteroatoms. The monoisotopic (exact) mass is 416 g/mol. The molecule has 2 amide bonds. The van der Waals surface area contributed by atoms with Gasteiger partial charge in [-0.3, -0.25) is 20.4 Å². The minimum atomic E-state index is -0.232. The maximum atomic E-state index is 11.8. The van der Waals surface area contributed by atoms with Crippen molar-refractivity contribution in [1.29, 1.82) is 0 Å². The second-order valence-electron chi connectivity index (χ2n) is 7.98. The van der Waals surface area contributed by atoms with E-state index in [0.717, 1.165) is 19.3 Å². The third-order valence-electron chi connectivity index (χ3n) is 5.11. The number of nitrogens with zero attached hydrogens (tertiary/aromatic N) is 1. The molecular weight excluding hydrogens is 374 g/mol. The molecule has 1 heterocycles. The lowest BCUT2D eigenvalue weighted by molar-refractivity contribution is -0.684. The van der Waals surface area contributed by atoms with Crippen LogP contribution in [-0.2, 0) is 16.1 Å². The number of hydrazine groups is 1. The van der Waals surface area contributed by atoms with Crippen LogP contribution in [0.15, 0.2) is 42.7 Å². The van der Waals surface area contributed by atoms with Crippen molar-refractivity contribution in [2.24, 2.45) is 0 Å². The van der Waals surface area contributed by atoms with Gasteiger partial charge < -0.3 is 0 Å². The van der Waals surface area contributed by atoms with Gasteiger partial charge in [0.1, 0.15) is 0 Å². The molecule has 1 aromatic heterocycles. The maximum Gasteiger partial charge on any atom is 0.304 e. The first-order valence-corrected chi connectivity index (χ1v) is 11.9. The topological polar surface area (TPSA) is 62.1 Å². The largest absolute Gasteiger partial charge is 0.304 e. The molecule has 168 valence electrons. The summed E-state index contributed by atoms with van der Waals surface area (Å²) < 4.78 is 1.76. The van der Waals surface area contributed by atoms with Crippen molar-refractivity contribution in [1.82, 2.24) is 10.9 Å². The van der Waals surface area contributed by atoms with E-state index in [-0.39, 0.29) is 18.4 Å². The van der Waals surface area contributed by atoms with Crippen LogP contribution in [0.1, 0.15) is 96.8 Å². The maximum absolute atomic E-state index is 11.8. The summed E-state index contributed by atoms with van der Waals surface area (Å²) in [5.74, 6) is -0.358. The zero-order chi connectivity index (χ0) is 21.7. The van der Waals surface area contributed by atoms with Gasteiger partial charge in [-0.05, 0) is 32.1 Å². The van der Waals surface area contributed by atoms with Gasteiger partial charge in [0.25, 0.3) is 0 Å². The van der Waals surface area contributed by atoms with Gasteiger partial charge in [0.05, 0.1) is 0 Å². The van der Waals surface area contributed by atoms with Gasteiger partial charge in [0.15, 0.2) is 12.4 Å². The standard InChI is InChI=1S/C25H41N3O2/c1-2-3-4-5-6-7-8-9-10-11-12-13-14-15-17-20-24(29)26-27-25(30)23-28-21-18-16-19-22-28/h9-10,16,18-19,21-22H,2-8,11-15,17,20,23H2,1H3,(H-,26,27,29,30)/p+1/b10-9-. The lowest BCUT2D eigenvalue weighted by Gasteiger charge is -2.06. The van der Waals surface area contributed by atoms with Crippen LogP contribution in [0.5, 0.6) is 0 Å². The van der Waals surface area contributed by atoms with Gasteiger partial charge >= 0.3 is 5.91 Å². The first kappa shape index (κ1) is 25.9. The van der Waals surface area contributed by atoms with Crippen LogP contribution >= 0.6 is 0 Å². The Morgan fingerprint density at radius 3 is 1.87 bits per heavy atom. The Morgan fingerprint density at radius 1 is 0.700 bits per heavy atom. The molecule has 0 spiro atoms. The average Bonchev–Trinajstić information content (AvgIpc) is 2.75. The van der Waals surface area contributed by atoms with Crippen LogP contribution in [0.4, 0.5) is 0 Å². The number of rotatable bonds is 17. The number of aromatic nitrogens is 1. The van der Waals surface area contributed by atoms with Crippen LogP contribution in [0.3, 0.4) is 0 Å². The van der Waals surface area contributed by atoms with Crippen molar-refractivity contribution in [3.8, 4) is 0 Å². The minimum absolute atomic E-state index is 0.126. The summed E-state index contributed by atoms with van der Waals surface area (Å²) in [5.41, 5.74) is 4.96. The second-order valence-corrected chi connectivity index (χ2v) is 7.98. The molecule has 0 aliphatic carbocycles. The zero-order valence-electron chi connectivity index (χ0n) is 18.9. The first-order chi connectivity index (χ1) is 14.7. The van der Waals surface area contributed by atoms with Crippen LogP contribution in [0.25, 0.3) is 0 Å². The fourth-order valence-corrected chi connectivity index (χ4v) is 3.30. The third kappa shape index (κ3) is 15.7. The Labute approximate surface area is 183 Å². The van der Waals surface area contributed by atoms with Crippen molar-refractivity contribution in [2.45, 2.75) is 103 Å². The molecule has 0 aromatic carbocycles. The van der Waals surface area contributed by atoms with Crippen LogP contribution < -0.4 is 15.4 Å². The minimum Gasteiger partial charge on any atom is -0.273 e. The van der Waals surface area contributed by atoms with E-state index in [4.69, 9.17) is 0 Å². The molecule has 1 rings (SSSR count). The van der Waals surface area contributed by atoms with Gasteiger partial charge in [-0.15, -0.1) is 0 Å². The van der Waals surface area contributed by atoms with Crippen LogP contribution in [0.2, 0.25) is 0 Å². The SMILES string of the molecule is CCCCCCCC/C=C\CCCCCCCC(=O)NNC(=O)C[n+]1ccccc1. The van der Waals surface area contributed by atoms with Crippen molar-refractivity contribution in [2.75, 3.05) is 0 Å². The predicted molar refractivity (Wildman–Crippen MR) is 122 cm³/mol. The first-order valence-electron chi connectivity index (χ1n) is 11.9. The Balaban J connectivity index is 1.86. The number of nitrogens with one attached hydrogen (secondary N) is 2. The summed E-state index contributed by atoms with van der Waals surface area (Å²) in [6.45, 7) is 2.45. The average molecular weight is 417 g/mol. The third-order valence-corrected chi connectivity index (χ3v) is 5.11. The highest BCUT2D eigenvalue weighted by Gasteiger charge is 2.09. The molecule has 1 aromatic rings. The zero-order valence-corrected chi connectivity index (χ0v) is 18.9. The normalized spacial score (nSPS) is 11.0. The summed E-state index contributed by atoms with van der Waals surface area (Å²) in [6.07, 6.45) is 24.8. The predicted octanol–water partition coefficient (Wildman–Crippen LogP) is 5.16. The molecule has 30 heavy (non-hydrogen) atoms.